The topological polar surface area (TPSA) is 126 Å². The lowest BCUT2D eigenvalue weighted by molar-refractivity contribution is -0.383. The van der Waals surface area contributed by atoms with E-state index in [4.69, 9.17) is 5.14 Å². The van der Waals surface area contributed by atoms with Crippen molar-refractivity contribution in [1.82, 2.24) is 0 Å². The quantitative estimate of drug-likeness (QED) is 0.599. The highest BCUT2D eigenvalue weighted by Crippen LogP contribution is 2.29. The number of rotatable bonds is 2. The van der Waals surface area contributed by atoms with Gasteiger partial charge in [-0.25, -0.2) is 8.42 Å². The Morgan fingerprint density at radius 2 is 1.95 bits per heavy atom. The first kappa shape index (κ1) is 13.6. The van der Waals surface area contributed by atoms with Crippen molar-refractivity contribution in [3.05, 3.63) is 50.2 Å². The number of fused-ring (bicyclic) bond motifs is 3. The SMILES string of the molecule is [NH-]S(=O)(=O)c1cccc2c3c(cc([N+](=O)[O-])c12)=NCCN=3. The number of nitrogens with one attached hydrogen (secondary N) is 1. The third kappa shape index (κ3) is 2.16. The minimum absolute atomic E-state index is 0.0860. The van der Waals surface area contributed by atoms with E-state index in [9.17, 15) is 18.5 Å². The van der Waals surface area contributed by atoms with Gasteiger partial charge in [0.1, 0.15) is 0 Å². The lowest BCUT2D eigenvalue weighted by Crippen LogP contribution is -2.31. The van der Waals surface area contributed by atoms with Crippen LogP contribution in [-0.2, 0) is 10.0 Å². The summed E-state index contributed by atoms with van der Waals surface area (Å²) in [5, 5.41) is 19.5. The maximum absolute atomic E-state index is 11.6. The molecule has 0 saturated carbocycles. The fraction of sp³-hybridized carbons (Fsp3) is 0.167. The fourth-order valence-electron chi connectivity index (χ4n) is 2.39. The van der Waals surface area contributed by atoms with E-state index in [2.05, 4.69) is 9.98 Å². The van der Waals surface area contributed by atoms with Gasteiger partial charge >= 0.3 is 0 Å². The number of non-ortho nitro benzene ring substituents is 1. The number of hydrogen-bond acceptors (Lipinski definition) is 6. The van der Waals surface area contributed by atoms with Gasteiger partial charge in [0.25, 0.3) is 5.69 Å². The first-order valence-corrected chi connectivity index (χ1v) is 7.46. The number of nitro groups is 1. The predicted octanol–water partition coefficient (Wildman–Crippen LogP) is 0.742. The number of nitro benzene ring substituents is 1. The molecule has 1 aliphatic rings. The summed E-state index contributed by atoms with van der Waals surface area (Å²) in [6.45, 7) is 0.879. The van der Waals surface area contributed by atoms with Crippen LogP contribution in [0.4, 0.5) is 5.69 Å². The maximum atomic E-state index is 11.6. The highest BCUT2D eigenvalue weighted by molar-refractivity contribution is 7.93. The first-order valence-electron chi connectivity index (χ1n) is 5.98. The zero-order valence-electron chi connectivity index (χ0n) is 10.6. The molecule has 2 aromatic carbocycles. The lowest BCUT2D eigenvalue weighted by Gasteiger charge is -2.11. The first-order chi connectivity index (χ1) is 9.89. The number of hydrogen-bond donors (Lipinski definition) is 0. The molecule has 108 valence electrons. The Kier molecular flexibility index (Phi) is 2.96. The second-order valence-electron chi connectivity index (χ2n) is 4.47. The van der Waals surface area contributed by atoms with Crippen LogP contribution in [0.25, 0.3) is 15.9 Å². The van der Waals surface area contributed by atoms with Gasteiger partial charge in [-0.05, 0) is 6.07 Å². The normalized spacial score (nSPS) is 14.1. The van der Waals surface area contributed by atoms with E-state index < -0.39 is 19.8 Å². The summed E-state index contributed by atoms with van der Waals surface area (Å²) in [5.74, 6) is 0. The maximum Gasteiger partial charge on any atom is 0.280 e. The molecular formula is C12H9N4O4S-. The lowest BCUT2D eigenvalue weighted by atomic mass is 10.1. The van der Waals surface area contributed by atoms with Crippen molar-refractivity contribution in [2.75, 3.05) is 13.1 Å². The van der Waals surface area contributed by atoms with Crippen molar-refractivity contribution in [3.63, 3.8) is 0 Å². The van der Waals surface area contributed by atoms with Crippen LogP contribution in [0.2, 0.25) is 0 Å². The third-order valence-corrected chi connectivity index (χ3v) is 4.11. The molecule has 21 heavy (non-hydrogen) atoms. The van der Waals surface area contributed by atoms with Crippen LogP contribution in [-0.4, -0.2) is 26.4 Å². The average Bonchev–Trinajstić information content (AvgIpc) is 2.44. The summed E-state index contributed by atoms with van der Waals surface area (Å²) in [5.41, 5.74) is -0.379. The van der Waals surface area contributed by atoms with Crippen molar-refractivity contribution in [3.8, 4) is 0 Å². The van der Waals surface area contributed by atoms with Crippen molar-refractivity contribution < 1.29 is 13.3 Å². The van der Waals surface area contributed by atoms with Gasteiger partial charge in [-0.15, -0.1) is 0 Å². The largest absolute Gasteiger partial charge is 0.560 e. The van der Waals surface area contributed by atoms with Gasteiger partial charge in [-0.3, -0.25) is 20.1 Å². The molecule has 0 amide bonds. The minimum atomic E-state index is -4.34. The second kappa shape index (κ2) is 4.57. The highest BCUT2D eigenvalue weighted by atomic mass is 32.2. The summed E-state index contributed by atoms with van der Waals surface area (Å²) in [4.78, 5) is 18.7. The van der Waals surface area contributed by atoms with Crippen LogP contribution in [0, 0.1) is 10.1 Å². The molecule has 0 atom stereocenters. The van der Waals surface area contributed by atoms with E-state index in [0.29, 0.717) is 29.2 Å². The van der Waals surface area contributed by atoms with E-state index >= 15 is 0 Å². The van der Waals surface area contributed by atoms with Crippen molar-refractivity contribution in [1.29, 1.82) is 0 Å². The number of benzene rings is 2. The van der Waals surface area contributed by atoms with Crippen LogP contribution in [0.5, 0.6) is 0 Å². The minimum Gasteiger partial charge on any atom is -0.560 e. The fourth-order valence-corrected chi connectivity index (χ4v) is 3.13. The van der Waals surface area contributed by atoms with Gasteiger partial charge in [0, 0.05) is 11.5 Å². The molecule has 0 radical (unpaired) electrons. The van der Waals surface area contributed by atoms with Crippen molar-refractivity contribution in [2.45, 2.75) is 4.90 Å². The summed E-state index contributed by atoms with van der Waals surface area (Å²) >= 11 is 0. The molecule has 0 unspecified atom stereocenters. The second-order valence-corrected chi connectivity index (χ2v) is 5.91. The number of nitrogens with zero attached hydrogens (tertiary/aromatic N) is 3. The van der Waals surface area contributed by atoms with Crippen LogP contribution < -0.4 is 10.7 Å². The average molecular weight is 305 g/mol. The Hall–Kier alpha value is -2.39. The zero-order valence-corrected chi connectivity index (χ0v) is 11.4. The summed E-state index contributed by atoms with van der Waals surface area (Å²) in [7, 11) is -4.34. The molecule has 2 aromatic rings. The Morgan fingerprint density at radius 3 is 2.62 bits per heavy atom. The predicted molar refractivity (Wildman–Crippen MR) is 74.2 cm³/mol. The molecule has 1 aliphatic heterocycles. The molecular weight excluding hydrogens is 296 g/mol. The van der Waals surface area contributed by atoms with Crippen LogP contribution in [0.15, 0.2) is 39.1 Å². The van der Waals surface area contributed by atoms with Gasteiger partial charge in [-0.1, -0.05) is 12.1 Å². The Morgan fingerprint density at radius 1 is 1.24 bits per heavy atom. The standard InChI is InChI=1S/C12H9N4O4S/c13-21(19,20)10-3-1-2-7-11(10)9(16(17)18)6-8-12(7)15-5-4-14-8/h1-3,6H,4-5H2,(H-,13,19,20)/q-1. The highest BCUT2D eigenvalue weighted by Gasteiger charge is 2.21. The van der Waals surface area contributed by atoms with Crippen LogP contribution in [0.3, 0.4) is 0 Å². The molecule has 0 bridgehead atoms. The molecule has 0 aromatic heterocycles. The van der Waals surface area contributed by atoms with Gasteiger partial charge in [-0.2, -0.15) is 0 Å². The Labute approximate surface area is 118 Å². The summed E-state index contributed by atoms with van der Waals surface area (Å²) < 4.78 is 23.2. The molecule has 0 spiro atoms. The monoisotopic (exact) mass is 305 g/mol. The van der Waals surface area contributed by atoms with Gasteiger partial charge in [0.2, 0.25) is 0 Å². The van der Waals surface area contributed by atoms with Gasteiger partial charge < -0.3 is 5.14 Å². The summed E-state index contributed by atoms with van der Waals surface area (Å²) in [6.07, 6.45) is 0. The molecule has 1 heterocycles. The van der Waals surface area contributed by atoms with Gasteiger partial charge in [0.05, 0.1) is 49.0 Å². The molecule has 0 saturated heterocycles. The van der Waals surface area contributed by atoms with Crippen molar-refractivity contribution in [2.24, 2.45) is 9.98 Å². The van der Waals surface area contributed by atoms with Crippen LogP contribution >= 0.6 is 0 Å². The smallest absolute Gasteiger partial charge is 0.280 e. The molecule has 0 fully saturated rings. The Bertz CT molecular complexity index is 998. The Balaban J connectivity index is 2.66. The van der Waals surface area contributed by atoms with E-state index in [0.717, 1.165) is 0 Å². The molecule has 0 aliphatic carbocycles. The van der Waals surface area contributed by atoms with Crippen LogP contribution in [0.1, 0.15) is 0 Å². The molecule has 8 nitrogen and oxygen atoms in total. The van der Waals surface area contributed by atoms with E-state index in [1.54, 1.807) is 6.07 Å². The molecule has 9 heteroatoms. The zero-order chi connectivity index (χ0) is 15.2. The number of sulfonamides is 1. The molecule has 3 rings (SSSR count). The summed E-state index contributed by atoms with van der Waals surface area (Å²) in [6, 6.07) is 5.40. The van der Waals surface area contributed by atoms with Gasteiger partial charge in [0.15, 0.2) is 0 Å². The van der Waals surface area contributed by atoms with Crippen molar-refractivity contribution >= 4 is 26.5 Å². The van der Waals surface area contributed by atoms with E-state index in [-0.39, 0.29) is 11.1 Å². The third-order valence-electron chi connectivity index (χ3n) is 3.19. The van der Waals surface area contributed by atoms with E-state index in [1.807, 2.05) is 0 Å². The molecule has 1 N–H and O–H groups in total. The van der Waals surface area contributed by atoms with E-state index in [1.165, 1.54) is 18.2 Å².